The SMILES string of the molecule is CC(C)NCCN[C@@H]1CC[C@@H]1O. The number of rotatable bonds is 5. The van der Waals surface area contributed by atoms with Gasteiger partial charge in [0.1, 0.15) is 0 Å². The van der Waals surface area contributed by atoms with Crippen LogP contribution in [0.5, 0.6) is 0 Å². The van der Waals surface area contributed by atoms with E-state index in [1.165, 1.54) is 0 Å². The lowest BCUT2D eigenvalue weighted by Crippen LogP contribution is -2.49. The second-order valence-corrected chi connectivity index (χ2v) is 3.81. The maximum absolute atomic E-state index is 9.23. The molecule has 1 aliphatic rings. The van der Waals surface area contributed by atoms with Crippen LogP contribution >= 0.6 is 0 Å². The van der Waals surface area contributed by atoms with Crippen LogP contribution < -0.4 is 10.6 Å². The molecule has 1 rings (SSSR count). The standard InChI is InChI=1S/C9H20N2O/c1-7(2)10-5-6-11-8-3-4-9(8)12/h7-12H,3-6H2,1-2H3/t8-,9+/m1/s1. The van der Waals surface area contributed by atoms with Gasteiger partial charge in [0.2, 0.25) is 0 Å². The van der Waals surface area contributed by atoms with Gasteiger partial charge < -0.3 is 15.7 Å². The quantitative estimate of drug-likeness (QED) is 0.515. The monoisotopic (exact) mass is 172 g/mol. The maximum atomic E-state index is 9.23. The molecule has 1 fully saturated rings. The van der Waals surface area contributed by atoms with Gasteiger partial charge in [-0.1, -0.05) is 13.8 Å². The van der Waals surface area contributed by atoms with Crippen molar-refractivity contribution in [1.29, 1.82) is 0 Å². The van der Waals surface area contributed by atoms with Gasteiger partial charge in [-0.2, -0.15) is 0 Å². The number of hydrogen-bond acceptors (Lipinski definition) is 3. The smallest absolute Gasteiger partial charge is 0.0693 e. The maximum Gasteiger partial charge on any atom is 0.0693 e. The van der Waals surface area contributed by atoms with E-state index in [1.807, 2.05) is 0 Å². The van der Waals surface area contributed by atoms with Gasteiger partial charge >= 0.3 is 0 Å². The Bertz CT molecular complexity index is 128. The molecule has 1 aliphatic carbocycles. The highest BCUT2D eigenvalue weighted by Crippen LogP contribution is 2.18. The first-order valence-corrected chi connectivity index (χ1v) is 4.85. The Balaban J connectivity index is 1.89. The van der Waals surface area contributed by atoms with Crippen molar-refractivity contribution < 1.29 is 5.11 Å². The van der Waals surface area contributed by atoms with Crippen LogP contribution in [0.2, 0.25) is 0 Å². The molecule has 3 nitrogen and oxygen atoms in total. The molecule has 0 saturated heterocycles. The lowest BCUT2D eigenvalue weighted by atomic mass is 9.89. The van der Waals surface area contributed by atoms with E-state index in [2.05, 4.69) is 24.5 Å². The minimum Gasteiger partial charge on any atom is -0.392 e. The van der Waals surface area contributed by atoms with E-state index >= 15 is 0 Å². The number of aliphatic hydroxyl groups is 1. The van der Waals surface area contributed by atoms with Crippen LogP contribution in [0.3, 0.4) is 0 Å². The van der Waals surface area contributed by atoms with Crippen molar-refractivity contribution in [1.82, 2.24) is 10.6 Å². The van der Waals surface area contributed by atoms with E-state index in [-0.39, 0.29) is 6.10 Å². The highest BCUT2D eigenvalue weighted by Gasteiger charge is 2.27. The van der Waals surface area contributed by atoms with Gasteiger partial charge in [0.05, 0.1) is 6.10 Å². The molecular weight excluding hydrogens is 152 g/mol. The van der Waals surface area contributed by atoms with Crippen molar-refractivity contribution >= 4 is 0 Å². The summed E-state index contributed by atoms with van der Waals surface area (Å²) in [6.07, 6.45) is 2.00. The highest BCUT2D eigenvalue weighted by atomic mass is 16.3. The molecule has 0 aliphatic heterocycles. The van der Waals surface area contributed by atoms with Crippen molar-refractivity contribution in [2.75, 3.05) is 13.1 Å². The van der Waals surface area contributed by atoms with E-state index in [4.69, 9.17) is 0 Å². The lowest BCUT2D eigenvalue weighted by Gasteiger charge is -2.33. The first kappa shape index (κ1) is 9.96. The molecule has 0 radical (unpaired) electrons. The fraction of sp³-hybridized carbons (Fsp3) is 1.00. The zero-order valence-electron chi connectivity index (χ0n) is 8.01. The first-order chi connectivity index (χ1) is 5.70. The molecule has 3 heteroatoms. The summed E-state index contributed by atoms with van der Waals surface area (Å²) < 4.78 is 0. The highest BCUT2D eigenvalue weighted by molar-refractivity contribution is 4.86. The minimum atomic E-state index is -0.0935. The van der Waals surface area contributed by atoms with Gasteiger partial charge in [-0.05, 0) is 12.8 Å². The molecule has 0 bridgehead atoms. The Morgan fingerprint density at radius 2 is 2.08 bits per heavy atom. The molecule has 3 N–H and O–H groups in total. The molecule has 12 heavy (non-hydrogen) atoms. The molecule has 2 atom stereocenters. The summed E-state index contributed by atoms with van der Waals surface area (Å²) in [7, 11) is 0. The molecular formula is C9H20N2O. The molecule has 0 spiro atoms. The third-order valence-corrected chi connectivity index (χ3v) is 2.32. The fourth-order valence-electron chi connectivity index (χ4n) is 1.34. The van der Waals surface area contributed by atoms with Gasteiger partial charge in [0, 0.05) is 25.2 Å². The van der Waals surface area contributed by atoms with E-state index < -0.39 is 0 Å². The summed E-state index contributed by atoms with van der Waals surface area (Å²) in [5.41, 5.74) is 0. The molecule has 72 valence electrons. The summed E-state index contributed by atoms with van der Waals surface area (Å²) in [4.78, 5) is 0. The Morgan fingerprint density at radius 3 is 2.50 bits per heavy atom. The third-order valence-electron chi connectivity index (χ3n) is 2.32. The van der Waals surface area contributed by atoms with E-state index in [1.54, 1.807) is 0 Å². The molecule has 0 heterocycles. The third kappa shape index (κ3) is 3.09. The first-order valence-electron chi connectivity index (χ1n) is 4.85. The minimum absolute atomic E-state index is 0.0935. The van der Waals surface area contributed by atoms with Crippen molar-refractivity contribution in [3.05, 3.63) is 0 Å². The van der Waals surface area contributed by atoms with Gasteiger partial charge in [-0.25, -0.2) is 0 Å². The second kappa shape index (κ2) is 4.80. The van der Waals surface area contributed by atoms with Crippen LogP contribution in [-0.4, -0.2) is 36.4 Å². The summed E-state index contributed by atoms with van der Waals surface area (Å²) in [6.45, 7) is 6.22. The average molecular weight is 172 g/mol. The van der Waals surface area contributed by atoms with Crippen LogP contribution in [0.15, 0.2) is 0 Å². The zero-order chi connectivity index (χ0) is 8.97. The van der Waals surface area contributed by atoms with Gasteiger partial charge in [-0.15, -0.1) is 0 Å². The topological polar surface area (TPSA) is 44.3 Å². The Kier molecular flexibility index (Phi) is 3.98. The van der Waals surface area contributed by atoms with Crippen molar-refractivity contribution in [2.45, 2.75) is 44.9 Å². The summed E-state index contributed by atoms with van der Waals surface area (Å²) in [5, 5.41) is 15.9. The average Bonchev–Trinajstić information content (AvgIpc) is 2.01. The summed E-state index contributed by atoms with van der Waals surface area (Å²) in [5.74, 6) is 0. The second-order valence-electron chi connectivity index (χ2n) is 3.81. The molecule has 0 unspecified atom stereocenters. The summed E-state index contributed by atoms with van der Waals surface area (Å²) in [6, 6.07) is 0.914. The van der Waals surface area contributed by atoms with Crippen LogP contribution in [0, 0.1) is 0 Å². The lowest BCUT2D eigenvalue weighted by molar-refractivity contribution is 0.0504. The molecule has 0 amide bonds. The predicted octanol–water partition coefficient (Wildman–Crippen LogP) is 0.0973. The zero-order valence-corrected chi connectivity index (χ0v) is 8.01. The molecule has 0 aromatic carbocycles. The number of aliphatic hydroxyl groups excluding tert-OH is 1. The van der Waals surface area contributed by atoms with Crippen LogP contribution in [0.25, 0.3) is 0 Å². The predicted molar refractivity (Wildman–Crippen MR) is 50.2 cm³/mol. The Labute approximate surface area is 74.5 Å². The van der Waals surface area contributed by atoms with Crippen LogP contribution in [0.4, 0.5) is 0 Å². The fourth-order valence-corrected chi connectivity index (χ4v) is 1.34. The van der Waals surface area contributed by atoms with E-state index in [0.717, 1.165) is 25.9 Å². The van der Waals surface area contributed by atoms with Crippen LogP contribution in [-0.2, 0) is 0 Å². The van der Waals surface area contributed by atoms with Gasteiger partial charge in [0.25, 0.3) is 0 Å². The van der Waals surface area contributed by atoms with Crippen molar-refractivity contribution in [3.8, 4) is 0 Å². The number of nitrogens with one attached hydrogen (secondary N) is 2. The van der Waals surface area contributed by atoms with Crippen molar-refractivity contribution in [3.63, 3.8) is 0 Å². The molecule has 0 aromatic heterocycles. The van der Waals surface area contributed by atoms with E-state index in [9.17, 15) is 5.11 Å². The van der Waals surface area contributed by atoms with Crippen molar-refractivity contribution in [2.24, 2.45) is 0 Å². The normalized spacial score (nSPS) is 29.0. The Morgan fingerprint density at radius 1 is 1.33 bits per heavy atom. The van der Waals surface area contributed by atoms with Gasteiger partial charge in [0.15, 0.2) is 0 Å². The summed E-state index contributed by atoms with van der Waals surface area (Å²) >= 11 is 0. The van der Waals surface area contributed by atoms with Crippen LogP contribution in [0.1, 0.15) is 26.7 Å². The van der Waals surface area contributed by atoms with E-state index in [0.29, 0.717) is 12.1 Å². The van der Waals surface area contributed by atoms with Gasteiger partial charge in [-0.3, -0.25) is 0 Å². The molecule has 1 saturated carbocycles. The molecule has 0 aromatic rings. The Hall–Kier alpha value is -0.120. The largest absolute Gasteiger partial charge is 0.392 e. The number of hydrogen-bond donors (Lipinski definition) is 3.